The zero-order valence-corrected chi connectivity index (χ0v) is 11.2. The molecule has 0 radical (unpaired) electrons. The number of nitrogen functional groups attached to an aromatic ring is 1. The third kappa shape index (κ3) is 3.36. The molecule has 0 saturated carbocycles. The largest absolute Gasteiger partial charge is 0.398 e. The van der Waals surface area contributed by atoms with Gasteiger partial charge < -0.3 is 5.73 Å². The number of anilines is 1. The monoisotopic (exact) mass is 252 g/mol. The van der Waals surface area contributed by atoms with Crippen LogP contribution in [0.15, 0.2) is 18.2 Å². The summed E-state index contributed by atoms with van der Waals surface area (Å²) >= 11 is 6.21. The predicted octanol–water partition coefficient (Wildman–Crippen LogP) is 3.54. The Kier molecular flexibility index (Phi) is 4.30. The van der Waals surface area contributed by atoms with Crippen molar-refractivity contribution in [1.29, 1.82) is 0 Å². The van der Waals surface area contributed by atoms with Gasteiger partial charge in [0.05, 0.1) is 0 Å². The van der Waals surface area contributed by atoms with E-state index in [9.17, 15) is 0 Å². The van der Waals surface area contributed by atoms with Crippen molar-refractivity contribution in [3.63, 3.8) is 0 Å². The molecule has 1 unspecified atom stereocenters. The number of likely N-dealkylation sites (tertiary alicyclic amines) is 1. The molecule has 1 fully saturated rings. The van der Waals surface area contributed by atoms with Gasteiger partial charge in [-0.25, -0.2) is 0 Å². The van der Waals surface area contributed by atoms with Crippen LogP contribution in [0.2, 0.25) is 5.02 Å². The van der Waals surface area contributed by atoms with Crippen molar-refractivity contribution in [3.05, 3.63) is 28.8 Å². The Labute approximate surface area is 109 Å². The van der Waals surface area contributed by atoms with Crippen molar-refractivity contribution in [1.82, 2.24) is 4.90 Å². The molecule has 0 bridgehead atoms. The second kappa shape index (κ2) is 5.74. The molecule has 2 nitrogen and oxygen atoms in total. The first-order valence-corrected chi connectivity index (χ1v) is 6.80. The van der Waals surface area contributed by atoms with Crippen LogP contribution < -0.4 is 5.73 Å². The molecular formula is C14H21ClN2. The highest BCUT2D eigenvalue weighted by molar-refractivity contribution is 6.31. The lowest BCUT2D eigenvalue weighted by molar-refractivity contribution is 0.274. The fourth-order valence-corrected chi connectivity index (χ4v) is 2.69. The van der Waals surface area contributed by atoms with Gasteiger partial charge in [0, 0.05) is 22.8 Å². The molecule has 1 aliphatic rings. The van der Waals surface area contributed by atoms with E-state index in [-0.39, 0.29) is 0 Å². The zero-order chi connectivity index (χ0) is 12.3. The van der Waals surface area contributed by atoms with Gasteiger partial charge in [0.1, 0.15) is 0 Å². The fraction of sp³-hybridized carbons (Fsp3) is 0.571. The Morgan fingerprint density at radius 2 is 2.18 bits per heavy atom. The molecule has 2 rings (SSSR count). The molecule has 0 amide bonds. The Morgan fingerprint density at radius 3 is 2.94 bits per heavy atom. The van der Waals surface area contributed by atoms with Gasteiger partial charge in [-0.1, -0.05) is 24.6 Å². The Hall–Kier alpha value is -0.730. The Bertz CT molecular complexity index is 358. The summed E-state index contributed by atoms with van der Waals surface area (Å²) in [6.07, 6.45) is 3.91. The first kappa shape index (κ1) is 12.7. The highest BCUT2D eigenvalue weighted by Gasteiger charge is 2.15. The molecule has 0 aromatic heterocycles. The molecule has 1 aromatic rings. The SMILES string of the molecule is CC1CCCN(Cc2c(N)cccc2Cl)CC1. The van der Waals surface area contributed by atoms with Crippen LogP contribution in [0.3, 0.4) is 0 Å². The minimum atomic E-state index is 0.794. The Balaban J connectivity index is 2.05. The number of hydrogen-bond donors (Lipinski definition) is 1. The van der Waals surface area contributed by atoms with Gasteiger partial charge in [-0.3, -0.25) is 4.90 Å². The molecule has 94 valence electrons. The molecule has 1 heterocycles. The van der Waals surface area contributed by atoms with Crippen LogP contribution in [0.4, 0.5) is 5.69 Å². The van der Waals surface area contributed by atoms with E-state index >= 15 is 0 Å². The first-order valence-electron chi connectivity index (χ1n) is 6.42. The minimum absolute atomic E-state index is 0.794. The second-order valence-electron chi connectivity index (χ2n) is 5.12. The number of rotatable bonds is 2. The second-order valence-corrected chi connectivity index (χ2v) is 5.53. The number of hydrogen-bond acceptors (Lipinski definition) is 2. The fourth-order valence-electron chi connectivity index (χ4n) is 2.45. The standard InChI is InChI=1S/C14H21ClN2/c1-11-4-3-8-17(9-7-11)10-12-13(15)5-2-6-14(12)16/h2,5-6,11H,3-4,7-10,16H2,1H3. The summed E-state index contributed by atoms with van der Waals surface area (Å²) < 4.78 is 0. The summed E-state index contributed by atoms with van der Waals surface area (Å²) in [4.78, 5) is 2.47. The smallest absolute Gasteiger partial charge is 0.0471 e. The average Bonchev–Trinajstić information content (AvgIpc) is 2.49. The van der Waals surface area contributed by atoms with Crippen LogP contribution in [0.5, 0.6) is 0 Å². The average molecular weight is 253 g/mol. The molecule has 1 saturated heterocycles. The topological polar surface area (TPSA) is 29.3 Å². The summed E-state index contributed by atoms with van der Waals surface area (Å²) in [7, 11) is 0. The molecule has 2 N–H and O–H groups in total. The number of nitrogens with zero attached hydrogens (tertiary/aromatic N) is 1. The summed E-state index contributed by atoms with van der Waals surface area (Å²) in [5.41, 5.74) is 7.90. The molecule has 1 aliphatic heterocycles. The van der Waals surface area contributed by atoms with E-state index in [2.05, 4.69) is 11.8 Å². The zero-order valence-electron chi connectivity index (χ0n) is 10.5. The van der Waals surface area contributed by atoms with Crippen molar-refractivity contribution in [2.75, 3.05) is 18.8 Å². The summed E-state index contributed by atoms with van der Waals surface area (Å²) in [5, 5.41) is 0.794. The molecular weight excluding hydrogens is 232 g/mol. The first-order chi connectivity index (χ1) is 8.16. The number of benzene rings is 1. The van der Waals surface area contributed by atoms with Gasteiger partial charge in [0.2, 0.25) is 0 Å². The van der Waals surface area contributed by atoms with Crippen LogP contribution in [0.25, 0.3) is 0 Å². The van der Waals surface area contributed by atoms with Gasteiger partial charge in [-0.2, -0.15) is 0 Å². The number of nitrogens with two attached hydrogens (primary N) is 1. The minimum Gasteiger partial charge on any atom is -0.398 e. The van der Waals surface area contributed by atoms with E-state index in [0.717, 1.165) is 41.8 Å². The lowest BCUT2D eigenvalue weighted by Crippen LogP contribution is -2.24. The highest BCUT2D eigenvalue weighted by atomic mass is 35.5. The molecule has 17 heavy (non-hydrogen) atoms. The van der Waals surface area contributed by atoms with Crippen molar-refractivity contribution in [2.24, 2.45) is 5.92 Å². The van der Waals surface area contributed by atoms with Crippen LogP contribution >= 0.6 is 11.6 Å². The van der Waals surface area contributed by atoms with Gasteiger partial charge in [-0.15, -0.1) is 0 Å². The molecule has 3 heteroatoms. The van der Waals surface area contributed by atoms with Crippen LogP contribution in [-0.4, -0.2) is 18.0 Å². The third-order valence-electron chi connectivity index (χ3n) is 3.65. The number of halogens is 1. The Morgan fingerprint density at radius 1 is 1.35 bits per heavy atom. The molecule has 0 aliphatic carbocycles. The van der Waals surface area contributed by atoms with Crippen LogP contribution in [0.1, 0.15) is 31.7 Å². The molecule has 1 atom stereocenters. The quantitative estimate of drug-likeness (QED) is 0.816. The van der Waals surface area contributed by atoms with Gasteiger partial charge in [-0.05, 0) is 50.4 Å². The molecule has 0 spiro atoms. The van der Waals surface area contributed by atoms with Crippen molar-refractivity contribution < 1.29 is 0 Å². The van der Waals surface area contributed by atoms with Gasteiger partial charge in [0.15, 0.2) is 0 Å². The van der Waals surface area contributed by atoms with Crippen molar-refractivity contribution in [3.8, 4) is 0 Å². The van der Waals surface area contributed by atoms with E-state index < -0.39 is 0 Å². The van der Waals surface area contributed by atoms with Gasteiger partial charge >= 0.3 is 0 Å². The van der Waals surface area contributed by atoms with E-state index in [0.29, 0.717) is 0 Å². The summed E-state index contributed by atoms with van der Waals surface area (Å²) in [6.45, 7) is 5.55. The third-order valence-corrected chi connectivity index (χ3v) is 4.00. The maximum atomic E-state index is 6.21. The van der Waals surface area contributed by atoms with Crippen molar-refractivity contribution in [2.45, 2.75) is 32.7 Å². The lowest BCUT2D eigenvalue weighted by atomic mass is 10.0. The normalized spacial score (nSPS) is 22.4. The van der Waals surface area contributed by atoms with E-state index in [1.165, 1.54) is 19.3 Å². The van der Waals surface area contributed by atoms with E-state index in [4.69, 9.17) is 17.3 Å². The lowest BCUT2D eigenvalue weighted by Gasteiger charge is -2.21. The van der Waals surface area contributed by atoms with E-state index in [1.807, 2.05) is 18.2 Å². The van der Waals surface area contributed by atoms with Gasteiger partial charge in [0.25, 0.3) is 0 Å². The molecule has 1 aromatic carbocycles. The summed E-state index contributed by atoms with van der Waals surface area (Å²) in [5.74, 6) is 0.851. The highest BCUT2D eigenvalue weighted by Crippen LogP contribution is 2.25. The van der Waals surface area contributed by atoms with E-state index in [1.54, 1.807) is 0 Å². The summed E-state index contributed by atoms with van der Waals surface area (Å²) in [6, 6.07) is 5.76. The van der Waals surface area contributed by atoms with Crippen molar-refractivity contribution >= 4 is 17.3 Å². The maximum Gasteiger partial charge on any atom is 0.0471 e. The van der Waals surface area contributed by atoms with Crippen LogP contribution in [0, 0.1) is 5.92 Å². The maximum absolute atomic E-state index is 6.21. The van der Waals surface area contributed by atoms with Crippen LogP contribution in [-0.2, 0) is 6.54 Å². The predicted molar refractivity (Wildman–Crippen MR) is 74.2 cm³/mol.